The fourth-order valence-corrected chi connectivity index (χ4v) is 13.0. The van der Waals surface area contributed by atoms with E-state index in [1.54, 1.807) is 0 Å². The van der Waals surface area contributed by atoms with Gasteiger partial charge in [-0.1, -0.05) is 124 Å². The fourth-order valence-electron chi connectivity index (χ4n) is 8.60. The van der Waals surface area contributed by atoms with Crippen LogP contribution < -0.4 is 33.7 Å². The normalized spacial score (nSPS) is 12.0. The fraction of sp³-hybridized carbons (Fsp3) is 0.446. The van der Waals surface area contributed by atoms with Crippen LogP contribution in [0.25, 0.3) is 0 Å². The van der Waals surface area contributed by atoms with Crippen LogP contribution >= 0.6 is 0 Å². The van der Waals surface area contributed by atoms with Gasteiger partial charge in [0.25, 0.3) is 0 Å². The van der Waals surface area contributed by atoms with Crippen molar-refractivity contribution in [2.45, 2.75) is 31.9 Å². The molecule has 6 aromatic carbocycles. The lowest BCUT2D eigenvalue weighted by atomic mass is 10.0. The van der Waals surface area contributed by atoms with Crippen molar-refractivity contribution in [1.29, 1.82) is 0 Å². The molecular weight excluding hydrogens is 1060 g/mol. The Morgan fingerprint density at radius 1 is 0.305 bits per heavy atom. The standard InChI is InChI=1S/C65H86O16Si/c1-65(2,3)82(62-15-9-5-10-16-62,63-17-11-6-12-18-63)81-61-21-19-56(20-22-61)64(55-13-7-4-8-14-55)80-54-49-75-44-39-70-38-43-74-48-53-79-60-29-27-59(28-30-60)78-52-47-73-42-37-69-36-41-72-46-51-77-58-25-23-57(24-26-58)76-50-45-71-40-35-68-34-33-67-32-31-66/h4-30,64,66H,31-54H2,1-3H3. The highest BCUT2D eigenvalue weighted by Crippen LogP contribution is 2.38. The highest BCUT2D eigenvalue weighted by atomic mass is 28.4. The summed E-state index contributed by atoms with van der Waals surface area (Å²) in [5.74, 6) is 3.77. The van der Waals surface area contributed by atoms with E-state index in [0.29, 0.717) is 152 Å². The lowest BCUT2D eigenvalue weighted by molar-refractivity contribution is -0.0134. The Bertz CT molecular complexity index is 2450. The summed E-state index contributed by atoms with van der Waals surface area (Å²) < 4.78 is 87.0. The largest absolute Gasteiger partial charge is 0.534 e. The highest BCUT2D eigenvalue weighted by molar-refractivity contribution is 7.00. The van der Waals surface area contributed by atoms with Crippen LogP contribution in [-0.4, -0.2) is 172 Å². The van der Waals surface area contributed by atoms with Gasteiger partial charge in [0.2, 0.25) is 0 Å². The van der Waals surface area contributed by atoms with E-state index in [1.165, 1.54) is 10.4 Å². The summed E-state index contributed by atoms with van der Waals surface area (Å²) in [6.07, 6.45) is -0.267. The molecule has 82 heavy (non-hydrogen) atoms. The first-order valence-corrected chi connectivity index (χ1v) is 30.3. The SMILES string of the molecule is CC(C)(C)[Si](Oc1ccc(C(OCCOCCOCCOCCOc2ccc(OCCOCCOCCOCCOc3ccc(OCCOCCOCCOCCO)cc3)cc2)c2ccccc2)cc1)(c1ccccc1)c1ccccc1. The molecule has 0 aliphatic rings. The lowest BCUT2D eigenvalue weighted by Gasteiger charge is -2.43. The van der Waals surface area contributed by atoms with Gasteiger partial charge in [-0.2, -0.15) is 0 Å². The second-order valence-electron chi connectivity index (χ2n) is 19.6. The summed E-state index contributed by atoms with van der Waals surface area (Å²) in [5, 5.41) is 11.0. The van der Waals surface area contributed by atoms with Gasteiger partial charge < -0.3 is 75.8 Å². The molecule has 0 saturated heterocycles. The zero-order valence-corrected chi connectivity index (χ0v) is 49.2. The maximum atomic E-state index is 8.66. The smallest absolute Gasteiger partial charge is 0.319 e. The Morgan fingerprint density at radius 3 is 0.890 bits per heavy atom. The lowest BCUT2D eigenvalue weighted by Crippen LogP contribution is -2.68. The van der Waals surface area contributed by atoms with Gasteiger partial charge in [-0.05, 0) is 87.2 Å². The summed E-state index contributed by atoms with van der Waals surface area (Å²) in [6.45, 7) is 17.1. The van der Waals surface area contributed by atoms with Gasteiger partial charge in [-0.3, -0.25) is 0 Å². The van der Waals surface area contributed by atoms with Gasteiger partial charge in [0.1, 0.15) is 61.3 Å². The van der Waals surface area contributed by atoms with E-state index in [9.17, 15) is 0 Å². The second kappa shape index (κ2) is 39.6. The van der Waals surface area contributed by atoms with E-state index in [2.05, 4.69) is 118 Å². The van der Waals surface area contributed by atoms with Crippen molar-refractivity contribution in [3.8, 4) is 28.7 Å². The van der Waals surface area contributed by atoms with Crippen LogP contribution in [0.15, 0.2) is 164 Å². The van der Waals surface area contributed by atoms with Crippen molar-refractivity contribution < 1.29 is 75.8 Å². The highest BCUT2D eigenvalue weighted by Gasteiger charge is 2.52. The van der Waals surface area contributed by atoms with Gasteiger partial charge in [0.05, 0.1) is 132 Å². The molecule has 0 amide bonds. The summed E-state index contributed by atoms with van der Waals surface area (Å²) >= 11 is 0. The second-order valence-corrected chi connectivity index (χ2v) is 23.8. The van der Waals surface area contributed by atoms with Gasteiger partial charge >= 0.3 is 8.32 Å². The molecule has 0 aromatic heterocycles. The van der Waals surface area contributed by atoms with Gasteiger partial charge in [0, 0.05) is 0 Å². The molecule has 0 aliphatic carbocycles. The molecule has 1 unspecified atom stereocenters. The number of hydrogen-bond donors (Lipinski definition) is 1. The minimum absolute atomic E-state index is 0.0131. The first-order valence-electron chi connectivity index (χ1n) is 28.4. The monoisotopic (exact) mass is 1150 g/mol. The topological polar surface area (TPSA) is 159 Å². The minimum Gasteiger partial charge on any atom is -0.534 e. The Kier molecular flexibility index (Phi) is 31.5. The molecule has 16 nitrogen and oxygen atoms in total. The molecule has 0 radical (unpaired) electrons. The van der Waals surface area contributed by atoms with Crippen molar-refractivity contribution in [3.05, 3.63) is 175 Å². The van der Waals surface area contributed by atoms with E-state index >= 15 is 0 Å². The molecule has 0 aliphatic heterocycles. The molecule has 0 bridgehead atoms. The molecule has 1 atom stereocenters. The van der Waals surface area contributed by atoms with Gasteiger partial charge in [-0.15, -0.1) is 0 Å². The number of aliphatic hydroxyl groups is 1. The first-order chi connectivity index (χ1) is 40.4. The maximum absolute atomic E-state index is 8.66. The number of rotatable bonds is 46. The summed E-state index contributed by atoms with van der Waals surface area (Å²) in [4.78, 5) is 0. The van der Waals surface area contributed by atoms with E-state index in [4.69, 9.17) is 75.8 Å². The van der Waals surface area contributed by atoms with E-state index < -0.39 is 8.32 Å². The van der Waals surface area contributed by atoms with E-state index in [-0.39, 0.29) is 17.7 Å². The van der Waals surface area contributed by atoms with Crippen LogP contribution in [0.1, 0.15) is 38.0 Å². The van der Waals surface area contributed by atoms with E-state index in [0.717, 1.165) is 39.9 Å². The van der Waals surface area contributed by atoms with Crippen molar-refractivity contribution in [3.63, 3.8) is 0 Å². The van der Waals surface area contributed by atoms with Crippen molar-refractivity contribution in [2.24, 2.45) is 0 Å². The molecule has 17 heteroatoms. The van der Waals surface area contributed by atoms with Crippen molar-refractivity contribution in [1.82, 2.24) is 0 Å². The number of benzene rings is 6. The predicted octanol–water partition coefficient (Wildman–Crippen LogP) is 8.79. The molecular formula is C65H86O16Si. The Hall–Kier alpha value is -5.90. The third kappa shape index (κ3) is 24.5. The molecule has 0 heterocycles. The third-order valence-electron chi connectivity index (χ3n) is 12.6. The van der Waals surface area contributed by atoms with Gasteiger partial charge in [0.15, 0.2) is 0 Å². The molecule has 1 N–H and O–H groups in total. The summed E-state index contributed by atoms with van der Waals surface area (Å²) in [7, 11) is -2.77. The van der Waals surface area contributed by atoms with Crippen molar-refractivity contribution >= 4 is 18.7 Å². The average Bonchev–Trinajstić information content (AvgIpc) is 2.28. The molecule has 0 fully saturated rings. The zero-order chi connectivity index (χ0) is 57.4. The quantitative estimate of drug-likeness (QED) is 0.0285. The van der Waals surface area contributed by atoms with Crippen LogP contribution in [0.4, 0.5) is 0 Å². The maximum Gasteiger partial charge on any atom is 0.319 e. The average molecular weight is 1150 g/mol. The minimum atomic E-state index is -2.77. The molecule has 6 aromatic rings. The summed E-state index contributed by atoms with van der Waals surface area (Å²) in [6, 6.07) is 54.9. The third-order valence-corrected chi connectivity index (χ3v) is 17.5. The van der Waals surface area contributed by atoms with Crippen LogP contribution in [0.3, 0.4) is 0 Å². The Morgan fingerprint density at radius 2 is 0.573 bits per heavy atom. The van der Waals surface area contributed by atoms with Crippen LogP contribution in [0.5, 0.6) is 28.7 Å². The summed E-state index contributed by atoms with van der Waals surface area (Å²) in [5.41, 5.74) is 2.11. The van der Waals surface area contributed by atoms with E-state index in [1.807, 2.05) is 66.7 Å². The molecule has 6 rings (SSSR count). The number of aliphatic hydroxyl groups excluding tert-OH is 1. The molecule has 446 valence electrons. The predicted molar refractivity (Wildman–Crippen MR) is 318 cm³/mol. The Balaban J connectivity index is 0.718. The van der Waals surface area contributed by atoms with Crippen LogP contribution in [-0.2, 0) is 47.4 Å². The van der Waals surface area contributed by atoms with Crippen LogP contribution in [0.2, 0.25) is 5.04 Å². The first kappa shape index (κ1) is 65.3. The van der Waals surface area contributed by atoms with Crippen LogP contribution in [0, 0.1) is 0 Å². The van der Waals surface area contributed by atoms with Crippen molar-refractivity contribution in [2.75, 3.05) is 159 Å². The van der Waals surface area contributed by atoms with Gasteiger partial charge in [-0.25, -0.2) is 0 Å². The molecule has 0 saturated carbocycles. The Labute approximate surface area is 486 Å². The number of ether oxygens (including phenoxy) is 14. The number of hydrogen-bond acceptors (Lipinski definition) is 16. The zero-order valence-electron chi connectivity index (χ0n) is 48.2. The molecule has 0 spiro atoms.